The summed E-state index contributed by atoms with van der Waals surface area (Å²) in [6.45, 7) is 6.49. The molecule has 0 bridgehead atoms. The number of nitrogens with two attached hydrogens (primary N) is 1. The Bertz CT molecular complexity index is 1710. The quantitative estimate of drug-likeness (QED) is 0.224. The molecule has 47 heavy (non-hydrogen) atoms. The van der Waals surface area contributed by atoms with E-state index in [0.29, 0.717) is 43.6 Å². The van der Waals surface area contributed by atoms with Gasteiger partial charge in [-0.3, -0.25) is 9.69 Å². The van der Waals surface area contributed by atoms with Crippen molar-refractivity contribution in [1.29, 1.82) is 0 Å². The number of carbonyl (C=O) groups is 2. The van der Waals surface area contributed by atoms with E-state index in [4.69, 9.17) is 10.5 Å². The molecule has 14 heteroatoms. The lowest BCUT2D eigenvalue weighted by molar-refractivity contribution is 0.0996. The first-order valence-corrected chi connectivity index (χ1v) is 17.3. The molecule has 0 radical (unpaired) electrons. The molecule has 252 valence electrons. The fraction of sp³-hybridized carbons (Fsp3) is 0.424. The maximum atomic E-state index is 14.5. The minimum atomic E-state index is -3.54. The number of hydrogen-bond acceptors (Lipinski definition) is 7. The topological polar surface area (TPSA) is 147 Å². The van der Waals surface area contributed by atoms with Crippen LogP contribution in [0.4, 0.5) is 19.3 Å². The van der Waals surface area contributed by atoms with Crippen LogP contribution in [-0.2, 0) is 16.6 Å². The monoisotopic (exact) mass is 670 g/mol. The standard InChI is InChI=1S/C33H40F2N6O5S/c1-3-4-15-41(33(43)38-30-18-27(32(36)42)28(34)19-29(30)35)24-13-16-40(17-14-24)20-22-5-12-31(37-21(22)2)46-25-8-10-26(11-9-25)47(44,45)39-23-6-7-23/h5,8-12,18-19,23-24,39H,3-4,6-7,13-17,20H2,1-2H3,(H2,36,42)(H,38,43). The fourth-order valence-electron chi connectivity index (χ4n) is 5.52. The Morgan fingerprint density at radius 3 is 2.36 bits per heavy atom. The van der Waals surface area contributed by atoms with Crippen LogP contribution in [0, 0.1) is 18.6 Å². The summed E-state index contributed by atoms with van der Waals surface area (Å²) in [5.41, 5.74) is 6.23. The van der Waals surface area contributed by atoms with Gasteiger partial charge in [-0.25, -0.2) is 31.7 Å². The van der Waals surface area contributed by atoms with E-state index in [1.807, 2.05) is 19.9 Å². The number of halogens is 2. The van der Waals surface area contributed by atoms with Crippen molar-refractivity contribution in [1.82, 2.24) is 19.5 Å². The van der Waals surface area contributed by atoms with Crippen LogP contribution in [0.2, 0.25) is 0 Å². The second-order valence-electron chi connectivity index (χ2n) is 12.0. The van der Waals surface area contributed by atoms with E-state index in [1.54, 1.807) is 23.1 Å². The van der Waals surface area contributed by atoms with Crippen LogP contribution in [0.25, 0.3) is 0 Å². The number of aromatic nitrogens is 1. The Hall–Kier alpha value is -4.14. The first-order chi connectivity index (χ1) is 22.4. The van der Waals surface area contributed by atoms with Crippen LogP contribution in [-0.4, -0.2) is 66.9 Å². The Labute approximate surface area is 273 Å². The fourth-order valence-corrected chi connectivity index (χ4v) is 6.82. The molecule has 1 saturated heterocycles. The molecule has 0 atom stereocenters. The third-order valence-corrected chi connectivity index (χ3v) is 9.93. The maximum absolute atomic E-state index is 14.5. The van der Waals surface area contributed by atoms with E-state index in [2.05, 4.69) is 19.9 Å². The third kappa shape index (κ3) is 8.82. The Balaban J connectivity index is 1.16. The molecule has 1 saturated carbocycles. The molecule has 1 aliphatic carbocycles. The molecule has 3 aromatic rings. The summed E-state index contributed by atoms with van der Waals surface area (Å²) in [5, 5.41) is 2.51. The van der Waals surface area contributed by atoms with Crippen LogP contribution in [0.3, 0.4) is 0 Å². The van der Waals surface area contributed by atoms with Crippen molar-refractivity contribution in [2.45, 2.75) is 75.9 Å². The minimum absolute atomic E-state index is 0.0294. The predicted molar refractivity (Wildman–Crippen MR) is 173 cm³/mol. The van der Waals surface area contributed by atoms with Gasteiger partial charge < -0.3 is 20.7 Å². The lowest BCUT2D eigenvalue weighted by Crippen LogP contribution is -2.49. The first kappa shape index (κ1) is 34.2. The Kier molecular flexibility index (Phi) is 10.7. The average Bonchev–Trinajstić information content (AvgIpc) is 3.84. The molecule has 4 N–H and O–H groups in total. The maximum Gasteiger partial charge on any atom is 0.322 e. The van der Waals surface area contributed by atoms with E-state index in [-0.39, 0.29) is 22.7 Å². The zero-order valence-electron chi connectivity index (χ0n) is 26.5. The predicted octanol–water partition coefficient (Wildman–Crippen LogP) is 5.30. The molecule has 1 aliphatic heterocycles. The van der Waals surface area contributed by atoms with Gasteiger partial charge in [0.2, 0.25) is 15.9 Å². The summed E-state index contributed by atoms with van der Waals surface area (Å²) in [5.74, 6) is -2.25. The number of sulfonamides is 1. The number of aryl methyl sites for hydroxylation is 1. The molecular formula is C33H40F2N6O5S. The molecule has 11 nitrogen and oxygen atoms in total. The number of nitrogens with zero attached hydrogens (tertiary/aromatic N) is 3. The molecule has 3 amide bonds. The lowest BCUT2D eigenvalue weighted by Gasteiger charge is -2.38. The highest BCUT2D eigenvalue weighted by Gasteiger charge is 2.30. The summed E-state index contributed by atoms with van der Waals surface area (Å²) in [7, 11) is -3.54. The molecule has 1 aromatic heterocycles. The number of unbranched alkanes of at least 4 members (excludes halogenated alkanes) is 1. The number of primary amides is 1. The van der Waals surface area contributed by atoms with Crippen LogP contribution in [0.15, 0.2) is 53.4 Å². The van der Waals surface area contributed by atoms with Gasteiger partial charge >= 0.3 is 6.03 Å². The molecule has 2 heterocycles. The number of piperidine rings is 1. The van der Waals surface area contributed by atoms with Gasteiger partial charge in [0.05, 0.1) is 16.1 Å². The number of anilines is 1. The number of urea groups is 1. The van der Waals surface area contributed by atoms with E-state index >= 15 is 0 Å². The van der Waals surface area contributed by atoms with Crippen LogP contribution in [0.1, 0.15) is 67.1 Å². The van der Waals surface area contributed by atoms with E-state index in [1.165, 1.54) is 12.1 Å². The van der Waals surface area contributed by atoms with Crippen molar-refractivity contribution in [3.8, 4) is 11.6 Å². The van der Waals surface area contributed by atoms with Gasteiger partial charge in [0, 0.05) is 56.1 Å². The van der Waals surface area contributed by atoms with Gasteiger partial charge in [-0.2, -0.15) is 0 Å². The molecule has 2 fully saturated rings. The summed E-state index contributed by atoms with van der Waals surface area (Å²) in [6.07, 6.45) is 4.74. The number of amides is 3. The van der Waals surface area contributed by atoms with Crippen LogP contribution >= 0.6 is 0 Å². The first-order valence-electron chi connectivity index (χ1n) is 15.8. The lowest BCUT2D eigenvalue weighted by atomic mass is 10.0. The number of hydrogen-bond donors (Lipinski definition) is 3. The molecule has 0 unspecified atom stereocenters. The van der Waals surface area contributed by atoms with Gasteiger partial charge in [-0.15, -0.1) is 0 Å². The molecule has 2 aliphatic rings. The normalized spacial score (nSPS) is 15.7. The highest BCUT2D eigenvalue weighted by molar-refractivity contribution is 7.89. The van der Waals surface area contributed by atoms with E-state index in [0.717, 1.165) is 56.1 Å². The van der Waals surface area contributed by atoms with E-state index < -0.39 is 39.2 Å². The summed E-state index contributed by atoms with van der Waals surface area (Å²) in [4.78, 5) is 33.6. The van der Waals surface area contributed by atoms with Crippen molar-refractivity contribution in [3.05, 3.63) is 77.0 Å². The van der Waals surface area contributed by atoms with Crippen molar-refractivity contribution >= 4 is 27.6 Å². The van der Waals surface area contributed by atoms with Crippen LogP contribution in [0.5, 0.6) is 11.6 Å². The highest BCUT2D eigenvalue weighted by atomic mass is 32.2. The summed E-state index contributed by atoms with van der Waals surface area (Å²) < 4.78 is 61.8. The number of nitrogens with one attached hydrogen (secondary N) is 2. The average molecular weight is 671 g/mol. The van der Waals surface area contributed by atoms with Gasteiger partial charge in [0.15, 0.2) is 0 Å². The van der Waals surface area contributed by atoms with Crippen molar-refractivity contribution < 1.29 is 31.5 Å². The minimum Gasteiger partial charge on any atom is -0.439 e. The molecule has 0 spiro atoms. The number of likely N-dealkylation sites (tertiary alicyclic amines) is 1. The van der Waals surface area contributed by atoms with Crippen LogP contribution < -0.4 is 20.5 Å². The Morgan fingerprint density at radius 2 is 1.74 bits per heavy atom. The zero-order chi connectivity index (χ0) is 33.7. The number of rotatable bonds is 13. The second-order valence-corrected chi connectivity index (χ2v) is 13.7. The van der Waals surface area contributed by atoms with Gasteiger partial charge in [-0.05, 0) is 74.9 Å². The largest absolute Gasteiger partial charge is 0.439 e. The second kappa shape index (κ2) is 14.7. The van der Waals surface area contributed by atoms with Gasteiger partial charge in [0.25, 0.3) is 5.91 Å². The van der Waals surface area contributed by atoms with Crippen molar-refractivity contribution in [2.24, 2.45) is 5.73 Å². The number of ether oxygens (including phenoxy) is 1. The van der Waals surface area contributed by atoms with Gasteiger partial charge in [0.1, 0.15) is 17.4 Å². The van der Waals surface area contributed by atoms with Crippen molar-refractivity contribution in [2.75, 3.05) is 25.0 Å². The van der Waals surface area contributed by atoms with Crippen molar-refractivity contribution in [3.63, 3.8) is 0 Å². The zero-order valence-corrected chi connectivity index (χ0v) is 27.3. The van der Waals surface area contributed by atoms with E-state index in [9.17, 15) is 26.8 Å². The third-order valence-electron chi connectivity index (χ3n) is 8.39. The Morgan fingerprint density at radius 1 is 1.04 bits per heavy atom. The molecule has 2 aromatic carbocycles. The molecular weight excluding hydrogens is 630 g/mol. The molecule has 5 rings (SSSR count). The summed E-state index contributed by atoms with van der Waals surface area (Å²) >= 11 is 0. The number of carbonyl (C=O) groups excluding carboxylic acids is 2. The number of pyridine rings is 1. The summed E-state index contributed by atoms with van der Waals surface area (Å²) in [6, 6.07) is 10.9. The van der Waals surface area contributed by atoms with Gasteiger partial charge in [-0.1, -0.05) is 19.4 Å². The smallest absolute Gasteiger partial charge is 0.322 e. The highest BCUT2D eigenvalue weighted by Crippen LogP contribution is 2.27. The number of benzene rings is 2. The SMILES string of the molecule is CCCCN(C(=O)Nc1cc(C(N)=O)c(F)cc1F)C1CCN(Cc2ccc(Oc3ccc(S(=O)(=O)NC4CC4)cc3)nc2C)CC1.